The Morgan fingerprint density at radius 1 is 1.17 bits per heavy atom. The van der Waals surface area contributed by atoms with Crippen LogP contribution < -0.4 is 5.32 Å². The van der Waals surface area contributed by atoms with Gasteiger partial charge in [-0.3, -0.25) is 14.7 Å². The maximum absolute atomic E-state index is 13.1. The first-order valence-electron chi connectivity index (χ1n) is 10.5. The maximum atomic E-state index is 13.1. The number of carbonyl (C=O) groups excluding carboxylic acids is 1. The van der Waals surface area contributed by atoms with Crippen molar-refractivity contribution in [3.8, 4) is 0 Å². The molecule has 0 spiro atoms. The molecule has 2 aliphatic heterocycles. The molecule has 2 aromatic rings. The molecule has 2 fully saturated rings. The average Bonchev–Trinajstić information content (AvgIpc) is 3.13. The third-order valence-electron chi connectivity index (χ3n) is 6.37. The van der Waals surface area contributed by atoms with Crippen LogP contribution in [0.3, 0.4) is 0 Å². The third-order valence-corrected chi connectivity index (χ3v) is 6.37. The molecular formula is C23H29FN4O. The Morgan fingerprint density at radius 3 is 2.62 bits per heavy atom. The quantitative estimate of drug-likeness (QED) is 0.842. The number of anilines is 1. The van der Waals surface area contributed by atoms with Crippen LogP contribution in [0.25, 0.3) is 0 Å². The molecule has 5 nitrogen and oxygen atoms in total. The molecule has 2 saturated heterocycles. The van der Waals surface area contributed by atoms with Crippen molar-refractivity contribution in [2.24, 2.45) is 11.8 Å². The van der Waals surface area contributed by atoms with Gasteiger partial charge in [0.2, 0.25) is 5.91 Å². The molecule has 6 heteroatoms. The minimum Gasteiger partial charge on any atom is -0.326 e. The first-order valence-corrected chi connectivity index (χ1v) is 10.5. The van der Waals surface area contributed by atoms with Gasteiger partial charge in [-0.25, -0.2) is 4.39 Å². The Labute approximate surface area is 171 Å². The highest BCUT2D eigenvalue weighted by Gasteiger charge is 2.39. The molecule has 0 radical (unpaired) electrons. The summed E-state index contributed by atoms with van der Waals surface area (Å²) >= 11 is 0. The van der Waals surface area contributed by atoms with Gasteiger partial charge in [0.1, 0.15) is 5.82 Å². The highest BCUT2D eigenvalue weighted by Crippen LogP contribution is 2.33. The zero-order chi connectivity index (χ0) is 20.2. The van der Waals surface area contributed by atoms with E-state index in [0.717, 1.165) is 51.1 Å². The van der Waals surface area contributed by atoms with E-state index in [0.29, 0.717) is 17.6 Å². The molecule has 1 aromatic carbocycles. The number of nitrogens with one attached hydrogen (secondary N) is 1. The molecule has 1 amide bonds. The second-order valence-corrected chi connectivity index (χ2v) is 8.37. The van der Waals surface area contributed by atoms with E-state index in [1.807, 2.05) is 18.3 Å². The summed E-state index contributed by atoms with van der Waals surface area (Å²) < 4.78 is 13.1. The van der Waals surface area contributed by atoms with Gasteiger partial charge in [-0.05, 0) is 81.7 Å². The van der Waals surface area contributed by atoms with Crippen LogP contribution >= 0.6 is 0 Å². The number of rotatable bonds is 5. The number of hydrogen-bond acceptors (Lipinski definition) is 4. The van der Waals surface area contributed by atoms with Gasteiger partial charge in [0.05, 0.1) is 11.6 Å². The fourth-order valence-corrected chi connectivity index (χ4v) is 4.77. The number of halogens is 1. The van der Waals surface area contributed by atoms with Crippen LogP contribution in [0.4, 0.5) is 10.1 Å². The van der Waals surface area contributed by atoms with Gasteiger partial charge in [0.25, 0.3) is 0 Å². The molecule has 1 N–H and O–H groups in total. The number of aromatic nitrogens is 1. The van der Waals surface area contributed by atoms with Crippen molar-refractivity contribution >= 4 is 11.6 Å². The standard InChI is InChI=1S/C23H29FN4O/c1-27-15-18(23(29)26-20-7-5-19(24)6-8-20)14-22(27)17-9-12-28(13-10-17)16-21-4-2-3-11-25-21/h2-8,11,17-18,22H,9-10,12-16H2,1H3,(H,26,29)/t18-,22+/m1/s1. The van der Waals surface area contributed by atoms with E-state index in [-0.39, 0.29) is 17.6 Å². The largest absolute Gasteiger partial charge is 0.326 e. The summed E-state index contributed by atoms with van der Waals surface area (Å²) in [6.45, 7) is 3.86. The summed E-state index contributed by atoms with van der Waals surface area (Å²) in [5.74, 6) is 0.363. The summed E-state index contributed by atoms with van der Waals surface area (Å²) in [4.78, 5) is 22.0. The van der Waals surface area contributed by atoms with Crippen LogP contribution in [0.15, 0.2) is 48.7 Å². The fraction of sp³-hybridized carbons (Fsp3) is 0.478. The van der Waals surface area contributed by atoms with Crippen molar-refractivity contribution in [2.75, 3.05) is 32.0 Å². The van der Waals surface area contributed by atoms with E-state index in [1.165, 1.54) is 12.1 Å². The normalized spacial score (nSPS) is 23.9. The molecule has 2 aliphatic rings. The van der Waals surface area contributed by atoms with Crippen LogP contribution in [0, 0.1) is 17.7 Å². The maximum Gasteiger partial charge on any atom is 0.228 e. The fourth-order valence-electron chi connectivity index (χ4n) is 4.77. The van der Waals surface area contributed by atoms with Gasteiger partial charge < -0.3 is 10.2 Å². The van der Waals surface area contributed by atoms with Gasteiger partial charge in [0, 0.05) is 31.0 Å². The summed E-state index contributed by atoms with van der Waals surface area (Å²) in [5, 5.41) is 2.94. The van der Waals surface area contributed by atoms with E-state index in [1.54, 1.807) is 12.1 Å². The zero-order valence-electron chi connectivity index (χ0n) is 16.9. The number of pyridine rings is 1. The predicted octanol–water partition coefficient (Wildman–Crippen LogP) is 3.39. The van der Waals surface area contributed by atoms with Crippen LogP contribution in [0.5, 0.6) is 0 Å². The van der Waals surface area contributed by atoms with Crippen molar-refractivity contribution < 1.29 is 9.18 Å². The van der Waals surface area contributed by atoms with E-state index in [9.17, 15) is 9.18 Å². The molecule has 2 atom stereocenters. The number of likely N-dealkylation sites (tertiary alicyclic amines) is 2. The molecule has 0 bridgehead atoms. The van der Waals surface area contributed by atoms with Gasteiger partial charge in [-0.15, -0.1) is 0 Å². The topological polar surface area (TPSA) is 48.5 Å². The highest BCUT2D eigenvalue weighted by atomic mass is 19.1. The van der Waals surface area contributed by atoms with Crippen molar-refractivity contribution in [3.63, 3.8) is 0 Å². The van der Waals surface area contributed by atoms with Gasteiger partial charge >= 0.3 is 0 Å². The number of piperidine rings is 1. The number of nitrogens with zero attached hydrogens (tertiary/aromatic N) is 3. The molecule has 3 heterocycles. The second-order valence-electron chi connectivity index (χ2n) is 8.37. The second kappa shape index (κ2) is 9.01. The summed E-state index contributed by atoms with van der Waals surface area (Å²) in [7, 11) is 2.14. The molecular weight excluding hydrogens is 367 g/mol. The Kier molecular flexibility index (Phi) is 6.21. The molecule has 0 unspecified atom stereocenters. The number of carbonyl (C=O) groups is 1. The van der Waals surface area contributed by atoms with Gasteiger partial charge in [0.15, 0.2) is 0 Å². The zero-order valence-corrected chi connectivity index (χ0v) is 16.9. The summed E-state index contributed by atoms with van der Waals surface area (Å²) in [6.07, 6.45) is 5.07. The van der Waals surface area contributed by atoms with Crippen LogP contribution in [0.1, 0.15) is 25.0 Å². The van der Waals surface area contributed by atoms with Crippen LogP contribution in [0.2, 0.25) is 0 Å². The van der Waals surface area contributed by atoms with Crippen molar-refractivity contribution in [3.05, 3.63) is 60.2 Å². The minimum absolute atomic E-state index is 0.0124. The molecule has 1 aromatic heterocycles. The van der Waals surface area contributed by atoms with E-state index >= 15 is 0 Å². The molecule has 29 heavy (non-hydrogen) atoms. The Hall–Kier alpha value is -2.31. The van der Waals surface area contributed by atoms with E-state index < -0.39 is 0 Å². The van der Waals surface area contributed by atoms with Gasteiger partial charge in [-0.2, -0.15) is 0 Å². The van der Waals surface area contributed by atoms with Crippen LogP contribution in [-0.2, 0) is 11.3 Å². The summed E-state index contributed by atoms with van der Waals surface area (Å²) in [5.41, 5.74) is 1.78. The third kappa shape index (κ3) is 5.00. The van der Waals surface area contributed by atoms with Crippen molar-refractivity contribution in [1.82, 2.24) is 14.8 Å². The van der Waals surface area contributed by atoms with Crippen molar-refractivity contribution in [1.29, 1.82) is 0 Å². The lowest BCUT2D eigenvalue weighted by atomic mass is 9.86. The number of hydrogen-bond donors (Lipinski definition) is 1. The Bertz CT molecular complexity index is 805. The first-order chi connectivity index (χ1) is 14.1. The molecule has 0 aliphatic carbocycles. The predicted molar refractivity (Wildman–Crippen MR) is 112 cm³/mol. The number of amides is 1. The smallest absolute Gasteiger partial charge is 0.228 e. The molecule has 4 rings (SSSR count). The lowest BCUT2D eigenvalue weighted by Gasteiger charge is -2.37. The number of benzene rings is 1. The van der Waals surface area contributed by atoms with Crippen LogP contribution in [-0.4, -0.2) is 53.4 Å². The Morgan fingerprint density at radius 2 is 1.93 bits per heavy atom. The minimum atomic E-state index is -0.293. The average molecular weight is 397 g/mol. The van der Waals surface area contributed by atoms with Crippen molar-refractivity contribution in [2.45, 2.75) is 31.8 Å². The van der Waals surface area contributed by atoms with E-state index in [2.05, 4.69) is 33.2 Å². The molecule has 0 saturated carbocycles. The van der Waals surface area contributed by atoms with Gasteiger partial charge in [-0.1, -0.05) is 6.07 Å². The lowest BCUT2D eigenvalue weighted by Crippen LogP contribution is -2.41. The van der Waals surface area contributed by atoms with E-state index in [4.69, 9.17) is 0 Å². The monoisotopic (exact) mass is 396 g/mol. The SMILES string of the molecule is CN1C[C@H](C(=O)Nc2ccc(F)cc2)C[C@H]1C1CCN(Cc2ccccn2)CC1. The molecule has 154 valence electrons. The highest BCUT2D eigenvalue weighted by molar-refractivity contribution is 5.92. The lowest BCUT2D eigenvalue weighted by molar-refractivity contribution is -0.119. The Balaban J connectivity index is 1.27. The summed E-state index contributed by atoms with van der Waals surface area (Å²) in [6, 6.07) is 12.5. The first kappa shape index (κ1) is 20.0.